The molecule has 0 radical (unpaired) electrons. The van der Waals surface area contributed by atoms with E-state index in [1.807, 2.05) is 136 Å². The van der Waals surface area contributed by atoms with Gasteiger partial charge in [0, 0.05) is 112 Å². The van der Waals surface area contributed by atoms with E-state index in [0.717, 1.165) is 47.0 Å². The van der Waals surface area contributed by atoms with Gasteiger partial charge in [0.2, 0.25) is 0 Å². The SMILES string of the molecule is COc1cccc([C@@H](N=C(c2ccccc2)c2cc(Cl)ccc2[N-]C(=O)[C@]2(C)CCCN2Cc2ccc(Cl)c(Cl)c2)C(=O)O)c1.C[C@@]1(C(=O)[N-]c2ccc(Cl)cc2C(=N[C@@H](C(=O)O)c2cccc(Br)c2)c2ccccc2)CCCN1Cc1ccc(Cl)c(Cl)c1.C[C@@]1(C(=O)[N-]c2ccc(Cl)cc2C(=N[C@H](Cc2ccc(F)cc2)C(=O)O)c2ccccc2)CCCN1Cc1ccc(Cl)c(Cl)c1.[Ni].[Ni].[Ni]. The van der Waals surface area contributed by atoms with Crippen molar-refractivity contribution in [1.29, 1.82) is 0 Å². The van der Waals surface area contributed by atoms with E-state index in [0.29, 0.717) is 187 Å². The summed E-state index contributed by atoms with van der Waals surface area (Å²) in [4.78, 5) is 100. The van der Waals surface area contributed by atoms with Gasteiger partial charge in [0.15, 0.2) is 18.1 Å². The molecule has 720 valence electrons. The topological polar surface area (TPSA) is 261 Å². The first kappa shape index (κ1) is 110. The molecule has 0 bridgehead atoms. The second-order valence-corrected chi connectivity index (χ2v) is 37.6. The predicted molar refractivity (Wildman–Crippen MR) is 538 cm³/mol. The maximum Gasteiger partial charge on any atom is 0.333 e. The van der Waals surface area contributed by atoms with Gasteiger partial charge < -0.3 is 50.4 Å². The largest absolute Gasteiger partial charge is 0.625 e. The zero-order valence-electron chi connectivity index (χ0n) is 73.7. The summed E-state index contributed by atoms with van der Waals surface area (Å²) in [5, 5.41) is 48.5. The molecule has 3 N–H and O–H groups in total. The van der Waals surface area contributed by atoms with Gasteiger partial charge in [-0.2, -0.15) is 0 Å². The number of carboxylic acids is 3. The Morgan fingerprint density at radius 2 is 0.715 bits per heavy atom. The molecule has 6 atom stereocenters. The molecule has 3 amide bonds. The molecular formula is C104H89BrCl9FN9Ni3O10-3. The molecule has 15 rings (SSSR count). The van der Waals surface area contributed by atoms with Crippen molar-refractivity contribution < 1.29 is 103 Å². The van der Waals surface area contributed by atoms with Crippen molar-refractivity contribution in [1.82, 2.24) is 14.7 Å². The Balaban J connectivity index is 0.000000210. The Morgan fingerprint density at radius 3 is 1.04 bits per heavy atom. The number of benzene rings is 12. The van der Waals surface area contributed by atoms with Crippen LogP contribution in [0.4, 0.5) is 21.5 Å². The molecule has 12 aromatic carbocycles. The van der Waals surface area contributed by atoms with E-state index < -0.39 is 58.5 Å². The third-order valence-corrected chi connectivity index (χ3v) is 27.2. The minimum absolute atomic E-state index is 0. The fourth-order valence-corrected chi connectivity index (χ4v) is 18.3. The van der Waals surface area contributed by atoms with Crippen molar-refractivity contribution in [2.24, 2.45) is 15.0 Å². The number of hydrogen-bond donors (Lipinski definition) is 3. The fourth-order valence-electron chi connectivity index (χ4n) is 16.4. The first-order valence-electron chi connectivity index (χ1n) is 42.6. The smallest absolute Gasteiger partial charge is 0.333 e. The normalized spacial score (nSPS) is 17.3. The van der Waals surface area contributed by atoms with Gasteiger partial charge in [-0.15, -0.1) is 17.1 Å². The molecule has 137 heavy (non-hydrogen) atoms. The van der Waals surface area contributed by atoms with Crippen LogP contribution in [0.2, 0.25) is 45.2 Å². The van der Waals surface area contributed by atoms with Crippen LogP contribution in [0, 0.1) is 5.82 Å². The number of aliphatic imine (C=N–C) groups is 3. The van der Waals surface area contributed by atoms with E-state index in [1.165, 1.54) is 31.4 Å². The number of hydrogen-bond acceptors (Lipinski definition) is 13. The number of ether oxygens (including phenoxy) is 1. The molecule has 3 fully saturated rings. The number of methoxy groups -OCH3 is 1. The van der Waals surface area contributed by atoms with Gasteiger partial charge in [0.1, 0.15) is 11.6 Å². The van der Waals surface area contributed by atoms with Crippen LogP contribution in [0.3, 0.4) is 0 Å². The predicted octanol–water partition coefficient (Wildman–Crippen LogP) is 27.5. The zero-order chi connectivity index (χ0) is 95.7. The van der Waals surface area contributed by atoms with E-state index in [-0.39, 0.29) is 73.6 Å². The van der Waals surface area contributed by atoms with Gasteiger partial charge in [-0.25, -0.2) is 18.8 Å². The van der Waals surface area contributed by atoms with Gasteiger partial charge in [-0.3, -0.25) is 29.7 Å². The third kappa shape index (κ3) is 27.9. The van der Waals surface area contributed by atoms with Crippen molar-refractivity contribution in [3.05, 3.63) is 411 Å². The standard InChI is InChI=1S/C35H31Cl3FN3O3.C35H32Cl3N3O4.C34H29BrCl3N3O3.3Ni/c1-35(16-5-17-42(35)21-23-10-14-28(37)29(38)18-23)34(45)41-30-15-11-25(36)20-27(30)32(24-6-3-2-4-7-24)40-31(33(43)44)19-22-8-12-26(39)13-9-22;1-35(16-7-17-41(35)21-22-12-14-28(37)29(38)18-22)34(44)39-30-15-13-25(36)20-27(30)31(23-8-4-3-5-9-23)40-32(33(42)43)24-10-6-11-26(19-24)45-2;1-34(15-6-16-41(34)20-21-11-13-27(37)28(38)17-21)33(44)39-29-14-12-25(36)19-26(29)30(22-7-3-2-4-8-22)40-31(32(42)43)23-9-5-10-24(35)18-23;;;/h2-4,6-15,18,20,31H,5,16-17,19,21H2,1H3,(H2,40,41,43,44,45);3-6,8-15,18-20,32H,7,16-17,21H2,1-2H3,(H2,39,40,42,43,44);2-5,7-14,17-19,31H,6,15-16,20H2,1H3,(H2,39,40,42,43,44);;;/p-3/t31-,35+;32-,35+;31-,34+;;;/m111.../s1. The average Bonchev–Trinajstić information content (AvgIpc) is 1.47. The minimum atomic E-state index is -1.27. The van der Waals surface area contributed by atoms with Crippen LogP contribution in [0.25, 0.3) is 16.0 Å². The van der Waals surface area contributed by atoms with Crippen molar-refractivity contribution in [3.8, 4) is 5.75 Å². The number of carbonyl (C=O) groups excluding carboxylic acids is 3. The van der Waals surface area contributed by atoms with E-state index in [1.54, 1.807) is 133 Å². The quantitative estimate of drug-likeness (QED) is 0.0291. The van der Waals surface area contributed by atoms with Gasteiger partial charge in [0.25, 0.3) is 0 Å². The van der Waals surface area contributed by atoms with Crippen LogP contribution in [-0.2, 0) is 104 Å². The van der Waals surface area contributed by atoms with Gasteiger partial charge >= 0.3 is 17.9 Å². The fraction of sp³-hybridized carbons (Fsp3) is 0.221. The Labute approximate surface area is 878 Å². The maximum absolute atomic E-state index is 14.0. The first-order chi connectivity index (χ1) is 64.2. The summed E-state index contributed by atoms with van der Waals surface area (Å²) in [5.41, 5.74) is 6.99. The number of nitrogens with zero attached hydrogens (tertiary/aromatic N) is 9. The van der Waals surface area contributed by atoms with Crippen LogP contribution >= 0.6 is 120 Å². The summed E-state index contributed by atoms with van der Waals surface area (Å²) in [7, 11) is 1.51. The van der Waals surface area contributed by atoms with Gasteiger partial charge in [0.05, 0.1) is 88.7 Å². The number of likely N-dealkylation sites (tertiary alicyclic amines) is 3. The van der Waals surface area contributed by atoms with E-state index in [2.05, 4.69) is 46.6 Å². The van der Waals surface area contributed by atoms with Crippen LogP contribution in [0.5, 0.6) is 5.75 Å². The minimum Gasteiger partial charge on any atom is -0.625 e. The number of aliphatic carboxylic acids is 3. The van der Waals surface area contributed by atoms with Gasteiger partial charge in [-0.1, -0.05) is 284 Å². The number of amides is 3. The summed E-state index contributed by atoms with van der Waals surface area (Å²) in [6.07, 6.45) is 4.35. The second-order valence-electron chi connectivity index (χ2n) is 32.9. The summed E-state index contributed by atoms with van der Waals surface area (Å²) in [6.45, 7) is 9.31. The molecule has 3 heterocycles. The molecular weight excluding hydrogens is 2130 g/mol. The number of rotatable bonds is 29. The first-order valence-corrected chi connectivity index (χ1v) is 46.8. The number of carboxylic acid groups (broad SMARTS) is 3. The van der Waals surface area contributed by atoms with E-state index >= 15 is 0 Å². The number of halogens is 11. The van der Waals surface area contributed by atoms with Gasteiger partial charge in [-0.05, 0) is 238 Å². The molecule has 0 aliphatic carbocycles. The molecule has 12 aromatic rings. The van der Waals surface area contributed by atoms with Crippen LogP contribution < -0.4 is 4.74 Å². The van der Waals surface area contributed by atoms with Crippen LogP contribution in [-0.4, -0.2) is 132 Å². The van der Waals surface area contributed by atoms with Crippen molar-refractivity contribution >= 4 is 190 Å². The van der Waals surface area contributed by atoms with E-state index in [4.69, 9.17) is 124 Å². The molecule has 0 aromatic heterocycles. The molecule has 3 aliphatic rings. The number of carbonyl (C=O) groups is 6. The molecule has 0 spiro atoms. The summed E-state index contributed by atoms with van der Waals surface area (Å²) in [6, 6.07) is 74.4. The van der Waals surface area contributed by atoms with Crippen molar-refractivity contribution in [2.45, 2.75) is 120 Å². The van der Waals surface area contributed by atoms with Crippen molar-refractivity contribution in [3.63, 3.8) is 0 Å². The molecule has 0 unspecified atom stereocenters. The molecule has 3 aliphatic heterocycles. The Bertz CT molecular complexity index is 6450. The van der Waals surface area contributed by atoms with Crippen molar-refractivity contribution in [2.75, 3.05) is 26.7 Å². The summed E-state index contributed by atoms with van der Waals surface area (Å²) in [5.74, 6) is -4.30. The molecule has 0 saturated carbocycles. The molecule has 3 saturated heterocycles. The summed E-state index contributed by atoms with van der Waals surface area (Å²) < 4.78 is 19.6. The second kappa shape index (κ2) is 50.2. The zero-order valence-corrected chi connectivity index (χ0v) is 85.1. The van der Waals surface area contributed by atoms with E-state index in [9.17, 15) is 48.5 Å². The maximum atomic E-state index is 14.0. The Kier molecular flexibility index (Phi) is 40.2. The van der Waals surface area contributed by atoms with Crippen LogP contribution in [0.1, 0.15) is 138 Å². The molecule has 19 nitrogen and oxygen atoms in total. The molecule has 33 heteroatoms. The van der Waals surface area contributed by atoms with Crippen LogP contribution in [0.15, 0.2) is 292 Å². The monoisotopic (exact) mass is 2210 g/mol. The summed E-state index contributed by atoms with van der Waals surface area (Å²) >= 11 is 59.9. The Morgan fingerprint density at radius 1 is 0.387 bits per heavy atom. The third-order valence-electron chi connectivity index (χ3n) is 23.7. The Hall–Kier alpha value is -9.35. The average molecular weight is 2220 g/mol.